The van der Waals surface area contributed by atoms with Crippen LogP contribution < -0.4 is 10.1 Å². The number of halogens is 1. The standard InChI is InChI=1S/C16H20ClN3O2/c1-3-11-22-16-13(17)5-4-6-14(16)19-15(21)8-10-20-12(2)7-9-18-20/h4-7,9H,3,8,10-11H2,1-2H3,(H,19,21). The van der Waals surface area contributed by atoms with Crippen LogP contribution in [0.3, 0.4) is 0 Å². The molecule has 5 nitrogen and oxygen atoms in total. The number of para-hydroxylation sites is 1. The molecule has 2 aromatic rings. The van der Waals surface area contributed by atoms with Gasteiger partial charge < -0.3 is 10.1 Å². The van der Waals surface area contributed by atoms with Gasteiger partial charge in [0.1, 0.15) is 0 Å². The third kappa shape index (κ3) is 4.24. The fraction of sp³-hybridized carbons (Fsp3) is 0.375. The van der Waals surface area contributed by atoms with Crippen LogP contribution in [0.25, 0.3) is 0 Å². The Morgan fingerprint density at radius 2 is 2.23 bits per heavy atom. The number of hydrogen-bond acceptors (Lipinski definition) is 3. The van der Waals surface area contributed by atoms with E-state index in [-0.39, 0.29) is 5.91 Å². The molecule has 1 aromatic heterocycles. The first kappa shape index (κ1) is 16.4. The van der Waals surface area contributed by atoms with Crippen LogP contribution >= 0.6 is 11.6 Å². The molecule has 0 bridgehead atoms. The number of amides is 1. The predicted molar refractivity (Wildman–Crippen MR) is 87.4 cm³/mol. The van der Waals surface area contributed by atoms with Crippen molar-refractivity contribution in [2.75, 3.05) is 11.9 Å². The predicted octanol–water partition coefficient (Wildman–Crippen LogP) is 3.66. The lowest BCUT2D eigenvalue weighted by atomic mass is 10.2. The Balaban J connectivity index is 1.99. The van der Waals surface area contributed by atoms with Crippen molar-refractivity contribution in [1.29, 1.82) is 0 Å². The van der Waals surface area contributed by atoms with Gasteiger partial charge in [0.05, 0.1) is 17.3 Å². The average Bonchev–Trinajstić information content (AvgIpc) is 2.90. The second-order valence-electron chi connectivity index (χ2n) is 4.96. The molecule has 2 rings (SSSR count). The smallest absolute Gasteiger partial charge is 0.226 e. The first-order chi connectivity index (χ1) is 10.6. The number of carbonyl (C=O) groups is 1. The summed E-state index contributed by atoms with van der Waals surface area (Å²) in [5, 5.41) is 7.51. The number of benzene rings is 1. The van der Waals surface area contributed by atoms with Gasteiger partial charge in [-0.1, -0.05) is 24.6 Å². The highest BCUT2D eigenvalue weighted by Gasteiger charge is 2.11. The lowest BCUT2D eigenvalue weighted by molar-refractivity contribution is -0.116. The minimum absolute atomic E-state index is 0.0986. The Hall–Kier alpha value is -2.01. The fourth-order valence-corrected chi connectivity index (χ4v) is 2.24. The van der Waals surface area contributed by atoms with E-state index in [1.165, 1.54) is 0 Å². The molecule has 0 aliphatic carbocycles. The molecule has 0 unspecified atom stereocenters. The molecule has 6 heteroatoms. The molecule has 0 saturated heterocycles. The molecule has 1 heterocycles. The number of carbonyl (C=O) groups excluding carboxylic acids is 1. The lowest BCUT2D eigenvalue weighted by Crippen LogP contribution is -2.16. The summed E-state index contributed by atoms with van der Waals surface area (Å²) in [4.78, 5) is 12.1. The second kappa shape index (κ2) is 7.84. The van der Waals surface area contributed by atoms with Gasteiger partial charge in [0.25, 0.3) is 0 Å². The first-order valence-electron chi connectivity index (χ1n) is 7.31. The van der Waals surface area contributed by atoms with E-state index in [2.05, 4.69) is 10.4 Å². The first-order valence-corrected chi connectivity index (χ1v) is 7.69. The number of ether oxygens (including phenoxy) is 1. The van der Waals surface area contributed by atoms with Crippen LogP contribution in [0.5, 0.6) is 5.75 Å². The van der Waals surface area contributed by atoms with Crippen LogP contribution in [-0.2, 0) is 11.3 Å². The molecule has 1 amide bonds. The molecule has 0 atom stereocenters. The quantitative estimate of drug-likeness (QED) is 0.846. The molecule has 118 valence electrons. The van der Waals surface area contributed by atoms with Gasteiger partial charge in [-0.3, -0.25) is 9.48 Å². The molecule has 0 radical (unpaired) electrons. The zero-order chi connectivity index (χ0) is 15.9. The number of hydrogen-bond donors (Lipinski definition) is 1. The molecule has 0 aliphatic rings. The molecule has 1 N–H and O–H groups in total. The minimum atomic E-state index is -0.0986. The Kier molecular flexibility index (Phi) is 5.83. The van der Waals surface area contributed by atoms with Gasteiger partial charge in [0.2, 0.25) is 5.91 Å². The number of anilines is 1. The maximum atomic E-state index is 12.1. The van der Waals surface area contributed by atoms with Crippen molar-refractivity contribution in [2.45, 2.75) is 33.2 Å². The van der Waals surface area contributed by atoms with E-state index in [1.807, 2.05) is 19.9 Å². The van der Waals surface area contributed by atoms with Crippen LogP contribution in [0.2, 0.25) is 5.02 Å². The average molecular weight is 322 g/mol. The largest absolute Gasteiger partial charge is 0.490 e. The molecule has 0 fully saturated rings. The van der Waals surface area contributed by atoms with Crippen molar-refractivity contribution in [1.82, 2.24) is 9.78 Å². The van der Waals surface area contributed by atoms with E-state index in [9.17, 15) is 4.79 Å². The zero-order valence-corrected chi connectivity index (χ0v) is 13.6. The molecular weight excluding hydrogens is 302 g/mol. The summed E-state index contributed by atoms with van der Waals surface area (Å²) < 4.78 is 7.42. The van der Waals surface area contributed by atoms with Crippen molar-refractivity contribution in [2.24, 2.45) is 0 Å². The van der Waals surface area contributed by atoms with E-state index in [0.717, 1.165) is 12.1 Å². The van der Waals surface area contributed by atoms with Gasteiger partial charge in [-0.15, -0.1) is 0 Å². The summed E-state index contributed by atoms with van der Waals surface area (Å²) in [5.74, 6) is 0.424. The molecular formula is C16H20ClN3O2. The number of aromatic nitrogens is 2. The van der Waals surface area contributed by atoms with Crippen LogP contribution in [0.1, 0.15) is 25.5 Å². The van der Waals surface area contributed by atoms with Crippen molar-refractivity contribution in [3.63, 3.8) is 0 Å². The summed E-state index contributed by atoms with van der Waals surface area (Å²) in [5.41, 5.74) is 1.63. The monoisotopic (exact) mass is 321 g/mol. The highest BCUT2D eigenvalue weighted by atomic mass is 35.5. The topological polar surface area (TPSA) is 56.1 Å². The van der Waals surface area contributed by atoms with Crippen molar-refractivity contribution < 1.29 is 9.53 Å². The Labute approximate surface area is 135 Å². The van der Waals surface area contributed by atoms with Crippen molar-refractivity contribution in [3.05, 3.63) is 41.2 Å². The number of nitrogens with zero attached hydrogens (tertiary/aromatic N) is 2. The molecule has 0 saturated carbocycles. The van der Waals surface area contributed by atoms with Crippen molar-refractivity contribution >= 4 is 23.2 Å². The normalized spacial score (nSPS) is 10.5. The van der Waals surface area contributed by atoms with Crippen LogP contribution in [0.15, 0.2) is 30.5 Å². The fourth-order valence-electron chi connectivity index (χ4n) is 2.01. The van der Waals surface area contributed by atoms with Gasteiger partial charge in [-0.2, -0.15) is 5.10 Å². The summed E-state index contributed by atoms with van der Waals surface area (Å²) in [6.45, 7) is 5.07. The van der Waals surface area contributed by atoms with Gasteiger partial charge in [-0.05, 0) is 31.5 Å². The van der Waals surface area contributed by atoms with Crippen LogP contribution in [-0.4, -0.2) is 22.3 Å². The summed E-state index contributed by atoms with van der Waals surface area (Å²) in [7, 11) is 0. The van der Waals surface area contributed by atoms with Gasteiger partial charge >= 0.3 is 0 Å². The molecule has 22 heavy (non-hydrogen) atoms. The minimum Gasteiger partial charge on any atom is -0.490 e. The lowest BCUT2D eigenvalue weighted by Gasteiger charge is -2.13. The van der Waals surface area contributed by atoms with Crippen LogP contribution in [0, 0.1) is 6.92 Å². The summed E-state index contributed by atoms with van der Waals surface area (Å²) in [6.07, 6.45) is 2.93. The summed E-state index contributed by atoms with van der Waals surface area (Å²) >= 11 is 6.14. The van der Waals surface area contributed by atoms with E-state index in [4.69, 9.17) is 16.3 Å². The SMILES string of the molecule is CCCOc1c(Cl)cccc1NC(=O)CCn1nccc1C. The zero-order valence-electron chi connectivity index (χ0n) is 12.8. The van der Waals surface area contributed by atoms with Crippen LogP contribution in [0.4, 0.5) is 5.69 Å². The van der Waals surface area contributed by atoms with Crippen molar-refractivity contribution in [3.8, 4) is 5.75 Å². The van der Waals surface area contributed by atoms with E-state index >= 15 is 0 Å². The van der Waals surface area contributed by atoms with E-state index in [1.54, 1.807) is 29.1 Å². The van der Waals surface area contributed by atoms with E-state index < -0.39 is 0 Å². The van der Waals surface area contributed by atoms with Gasteiger partial charge in [0.15, 0.2) is 5.75 Å². The van der Waals surface area contributed by atoms with Gasteiger partial charge in [-0.25, -0.2) is 0 Å². The van der Waals surface area contributed by atoms with E-state index in [0.29, 0.717) is 36.0 Å². The Morgan fingerprint density at radius 1 is 1.41 bits per heavy atom. The highest BCUT2D eigenvalue weighted by molar-refractivity contribution is 6.32. The maximum Gasteiger partial charge on any atom is 0.226 e. The number of aryl methyl sites for hydroxylation is 2. The third-order valence-electron chi connectivity index (χ3n) is 3.17. The molecule has 0 spiro atoms. The second-order valence-corrected chi connectivity index (χ2v) is 5.37. The Morgan fingerprint density at radius 3 is 2.91 bits per heavy atom. The Bertz CT molecular complexity index is 640. The number of rotatable bonds is 7. The highest BCUT2D eigenvalue weighted by Crippen LogP contribution is 2.33. The maximum absolute atomic E-state index is 12.1. The third-order valence-corrected chi connectivity index (χ3v) is 3.47. The number of nitrogens with one attached hydrogen (secondary N) is 1. The summed E-state index contributed by atoms with van der Waals surface area (Å²) in [6, 6.07) is 7.23. The molecule has 1 aromatic carbocycles. The van der Waals surface area contributed by atoms with Gasteiger partial charge in [0, 0.05) is 24.9 Å². The molecule has 0 aliphatic heterocycles.